The SMILES string of the molecule is CCN(CC)C1C=CC(=C(C2CCN(C)CC2)C2CCCCC2S(=O)(=O)O)C=C1. The number of piperidine rings is 1. The molecule has 5 nitrogen and oxygen atoms in total. The van der Waals surface area contributed by atoms with Crippen molar-refractivity contribution < 1.29 is 13.0 Å². The zero-order valence-electron chi connectivity index (χ0n) is 18.3. The van der Waals surface area contributed by atoms with Crippen LogP contribution in [0.2, 0.25) is 0 Å². The Kier molecular flexibility index (Phi) is 7.76. The van der Waals surface area contributed by atoms with Crippen LogP contribution in [0.4, 0.5) is 0 Å². The maximum absolute atomic E-state index is 12.2. The molecule has 2 aliphatic carbocycles. The average molecular weight is 423 g/mol. The molecule has 0 spiro atoms. The predicted molar refractivity (Wildman–Crippen MR) is 120 cm³/mol. The van der Waals surface area contributed by atoms with Crippen molar-refractivity contribution in [3.05, 3.63) is 35.5 Å². The number of rotatable bonds is 6. The Bertz CT molecular complexity index is 728. The topological polar surface area (TPSA) is 60.9 Å². The van der Waals surface area contributed by atoms with Crippen LogP contribution in [0.3, 0.4) is 0 Å². The van der Waals surface area contributed by atoms with Crippen molar-refractivity contribution in [2.75, 3.05) is 33.2 Å². The summed E-state index contributed by atoms with van der Waals surface area (Å²) in [6.45, 7) is 8.45. The van der Waals surface area contributed by atoms with Gasteiger partial charge in [-0.15, -0.1) is 0 Å². The highest BCUT2D eigenvalue weighted by Gasteiger charge is 2.40. The van der Waals surface area contributed by atoms with Crippen LogP contribution in [-0.4, -0.2) is 67.3 Å². The summed E-state index contributed by atoms with van der Waals surface area (Å²) >= 11 is 0. The molecule has 2 fully saturated rings. The quantitative estimate of drug-likeness (QED) is 0.658. The first-order valence-electron chi connectivity index (χ1n) is 11.3. The van der Waals surface area contributed by atoms with Crippen LogP contribution in [-0.2, 0) is 10.1 Å². The molecule has 1 aliphatic heterocycles. The largest absolute Gasteiger partial charge is 0.306 e. The van der Waals surface area contributed by atoms with Crippen molar-refractivity contribution >= 4 is 10.1 Å². The van der Waals surface area contributed by atoms with Gasteiger partial charge in [0.1, 0.15) is 0 Å². The molecule has 0 amide bonds. The van der Waals surface area contributed by atoms with Crippen LogP contribution in [0.5, 0.6) is 0 Å². The van der Waals surface area contributed by atoms with Gasteiger partial charge in [0.25, 0.3) is 10.1 Å². The minimum atomic E-state index is -4.04. The highest BCUT2D eigenvalue weighted by atomic mass is 32.2. The second-order valence-electron chi connectivity index (χ2n) is 8.86. The van der Waals surface area contributed by atoms with Crippen molar-refractivity contribution in [2.45, 2.75) is 63.7 Å². The molecule has 3 aliphatic rings. The Hall–Kier alpha value is -0.950. The monoisotopic (exact) mass is 422 g/mol. The van der Waals surface area contributed by atoms with Gasteiger partial charge in [-0.05, 0) is 70.4 Å². The molecule has 29 heavy (non-hydrogen) atoms. The van der Waals surface area contributed by atoms with E-state index >= 15 is 0 Å². The summed E-state index contributed by atoms with van der Waals surface area (Å²) in [5.74, 6) is 0.328. The molecular formula is C23H38N2O3S. The molecule has 0 aromatic rings. The van der Waals surface area contributed by atoms with E-state index in [1.54, 1.807) is 0 Å². The second-order valence-corrected chi connectivity index (χ2v) is 10.5. The third-order valence-corrected chi connectivity index (χ3v) is 8.49. The summed E-state index contributed by atoms with van der Waals surface area (Å²) in [7, 11) is -1.89. The fraction of sp³-hybridized carbons (Fsp3) is 0.739. The molecule has 0 aromatic heterocycles. The molecule has 1 saturated heterocycles. The minimum Gasteiger partial charge on any atom is -0.306 e. The third-order valence-electron chi connectivity index (χ3n) is 7.16. The first-order valence-corrected chi connectivity index (χ1v) is 12.8. The predicted octanol–water partition coefficient (Wildman–Crippen LogP) is 3.91. The first kappa shape index (κ1) is 22.7. The number of hydrogen-bond donors (Lipinski definition) is 1. The van der Waals surface area contributed by atoms with E-state index in [-0.39, 0.29) is 5.92 Å². The van der Waals surface area contributed by atoms with E-state index in [4.69, 9.17) is 0 Å². The van der Waals surface area contributed by atoms with Gasteiger partial charge in [0.15, 0.2) is 0 Å². The normalized spacial score (nSPS) is 29.6. The standard InChI is InChI=1S/C23H38N2O3S/c1-4-25(5-2)20-12-10-18(11-13-20)23(19-14-16-24(3)17-15-19)21-8-6-7-9-22(21)29(26,27)28/h10-13,19-22H,4-9,14-17H2,1-3H3,(H,26,27,28). The molecule has 0 bridgehead atoms. The lowest BCUT2D eigenvalue weighted by molar-refractivity contribution is 0.222. The lowest BCUT2D eigenvalue weighted by Crippen LogP contribution is -2.39. The van der Waals surface area contributed by atoms with Crippen LogP contribution in [0.25, 0.3) is 0 Å². The van der Waals surface area contributed by atoms with E-state index in [0.717, 1.165) is 58.3 Å². The van der Waals surface area contributed by atoms with Gasteiger partial charge in [-0.25, -0.2) is 0 Å². The molecule has 1 saturated carbocycles. The summed E-state index contributed by atoms with van der Waals surface area (Å²) in [6, 6.07) is 0.302. The third kappa shape index (κ3) is 5.40. The number of likely N-dealkylation sites (tertiary alicyclic amines) is 1. The fourth-order valence-electron chi connectivity index (χ4n) is 5.49. The van der Waals surface area contributed by atoms with E-state index in [1.165, 1.54) is 11.1 Å². The Morgan fingerprint density at radius 3 is 2.21 bits per heavy atom. The molecule has 2 atom stereocenters. The number of hydrogen-bond acceptors (Lipinski definition) is 4. The van der Waals surface area contributed by atoms with Crippen LogP contribution in [0, 0.1) is 11.8 Å². The Morgan fingerprint density at radius 2 is 1.66 bits per heavy atom. The zero-order valence-corrected chi connectivity index (χ0v) is 19.1. The smallest absolute Gasteiger partial charge is 0.268 e. The van der Waals surface area contributed by atoms with Gasteiger partial charge in [0, 0.05) is 12.0 Å². The summed E-state index contributed by atoms with van der Waals surface area (Å²) in [5, 5.41) is -0.652. The van der Waals surface area contributed by atoms with Crippen molar-refractivity contribution in [2.24, 2.45) is 11.8 Å². The molecule has 3 rings (SSSR count). The maximum atomic E-state index is 12.2. The Balaban J connectivity index is 1.97. The van der Waals surface area contributed by atoms with Crippen molar-refractivity contribution in [3.63, 3.8) is 0 Å². The van der Waals surface area contributed by atoms with Crippen LogP contribution in [0.1, 0.15) is 52.4 Å². The highest BCUT2D eigenvalue weighted by molar-refractivity contribution is 7.86. The fourth-order valence-corrected chi connectivity index (χ4v) is 6.65. The average Bonchev–Trinajstić information content (AvgIpc) is 2.71. The van der Waals surface area contributed by atoms with Gasteiger partial charge in [0.05, 0.1) is 5.25 Å². The van der Waals surface area contributed by atoms with E-state index < -0.39 is 15.4 Å². The van der Waals surface area contributed by atoms with Gasteiger partial charge in [-0.1, -0.05) is 56.6 Å². The van der Waals surface area contributed by atoms with Gasteiger partial charge in [0.2, 0.25) is 0 Å². The van der Waals surface area contributed by atoms with Gasteiger partial charge < -0.3 is 4.90 Å². The first-order chi connectivity index (χ1) is 13.8. The zero-order chi connectivity index (χ0) is 21.0. The maximum Gasteiger partial charge on any atom is 0.268 e. The van der Waals surface area contributed by atoms with Gasteiger partial charge in [-0.3, -0.25) is 9.45 Å². The van der Waals surface area contributed by atoms with E-state index in [1.807, 2.05) is 0 Å². The molecule has 0 radical (unpaired) electrons. The Morgan fingerprint density at radius 1 is 1.07 bits per heavy atom. The van der Waals surface area contributed by atoms with Crippen LogP contribution in [0.15, 0.2) is 35.5 Å². The second kappa shape index (κ2) is 9.90. The number of nitrogens with zero attached hydrogens (tertiary/aromatic N) is 2. The minimum absolute atomic E-state index is 0.0681. The van der Waals surface area contributed by atoms with E-state index in [2.05, 4.69) is 55.0 Å². The van der Waals surface area contributed by atoms with Crippen molar-refractivity contribution in [1.82, 2.24) is 9.80 Å². The van der Waals surface area contributed by atoms with E-state index in [0.29, 0.717) is 18.4 Å². The molecule has 6 heteroatoms. The summed E-state index contributed by atoms with van der Waals surface area (Å²) in [5.41, 5.74) is 2.47. The summed E-state index contributed by atoms with van der Waals surface area (Å²) in [4.78, 5) is 4.75. The van der Waals surface area contributed by atoms with Gasteiger partial charge >= 0.3 is 0 Å². The van der Waals surface area contributed by atoms with Gasteiger partial charge in [-0.2, -0.15) is 8.42 Å². The van der Waals surface area contributed by atoms with Crippen molar-refractivity contribution in [1.29, 1.82) is 0 Å². The summed E-state index contributed by atoms with van der Waals surface area (Å²) < 4.78 is 34.4. The van der Waals surface area contributed by atoms with E-state index in [9.17, 15) is 13.0 Å². The Labute approximate surface area is 177 Å². The molecule has 0 aromatic carbocycles. The van der Waals surface area contributed by atoms with Crippen LogP contribution < -0.4 is 0 Å². The number of allylic oxidation sites excluding steroid dienone is 4. The molecule has 1 heterocycles. The molecule has 164 valence electrons. The lowest BCUT2D eigenvalue weighted by Gasteiger charge is -2.39. The number of likely N-dealkylation sites (N-methyl/N-ethyl adjacent to an activating group) is 1. The summed E-state index contributed by atoms with van der Waals surface area (Å²) in [6.07, 6.45) is 14.4. The highest BCUT2D eigenvalue weighted by Crippen LogP contribution is 2.42. The van der Waals surface area contributed by atoms with Crippen molar-refractivity contribution in [3.8, 4) is 0 Å². The lowest BCUT2D eigenvalue weighted by atomic mass is 9.72. The molecule has 1 N–H and O–H groups in total. The molecular weight excluding hydrogens is 384 g/mol. The van der Waals surface area contributed by atoms with Crippen LogP contribution >= 0.6 is 0 Å². The molecule has 2 unspecified atom stereocenters.